The van der Waals surface area contributed by atoms with Gasteiger partial charge in [-0.25, -0.2) is 4.79 Å². The van der Waals surface area contributed by atoms with Gasteiger partial charge >= 0.3 is 5.97 Å². The predicted molar refractivity (Wildman–Crippen MR) is 94.1 cm³/mol. The van der Waals surface area contributed by atoms with E-state index >= 15 is 0 Å². The second-order valence-corrected chi connectivity index (χ2v) is 8.16. The summed E-state index contributed by atoms with van der Waals surface area (Å²) in [6, 6.07) is 1.90. The van der Waals surface area contributed by atoms with E-state index in [1.807, 2.05) is 6.07 Å². The number of hydrogen-bond acceptors (Lipinski definition) is 4. The highest BCUT2D eigenvalue weighted by atomic mass is 32.1. The number of allylic oxidation sites excluding steroid dienone is 1. The van der Waals surface area contributed by atoms with Gasteiger partial charge in [-0.05, 0) is 37.2 Å². The summed E-state index contributed by atoms with van der Waals surface area (Å²) in [5, 5.41) is 2.94. The zero-order chi connectivity index (χ0) is 17.2. The number of methoxy groups -OCH3 is 1. The number of carbonyl (C=O) groups is 2. The van der Waals surface area contributed by atoms with Gasteiger partial charge in [0.2, 0.25) is 5.91 Å². The monoisotopic (exact) mass is 335 g/mol. The number of hydrogen-bond donors (Lipinski definition) is 1. The van der Waals surface area contributed by atoms with E-state index in [1.54, 1.807) is 0 Å². The Morgan fingerprint density at radius 2 is 1.91 bits per heavy atom. The lowest BCUT2D eigenvalue weighted by molar-refractivity contribution is -0.120. The molecule has 1 amide bonds. The molecule has 0 aliphatic heterocycles. The lowest BCUT2D eigenvalue weighted by atomic mass is 9.86. The van der Waals surface area contributed by atoms with Crippen LogP contribution in [0.2, 0.25) is 0 Å². The van der Waals surface area contributed by atoms with Crippen LogP contribution in [-0.2, 0) is 14.9 Å². The van der Waals surface area contributed by atoms with Gasteiger partial charge in [-0.15, -0.1) is 11.3 Å². The largest absolute Gasteiger partial charge is 0.465 e. The summed E-state index contributed by atoms with van der Waals surface area (Å²) in [6.07, 6.45) is 3.46. The van der Waals surface area contributed by atoms with Crippen LogP contribution in [0.3, 0.4) is 0 Å². The first-order valence-electron chi connectivity index (χ1n) is 7.92. The van der Waals surface area contributed by atoms with E-state index in [0.29, 0.717) is 10.6 Å². The highest BCUT2D eigenvalue weighted by Gasteiger charge is 2.27. The van der Waals surface area contributed by atoms with E-state index in [2.05, 4.69) is 32.7 Å². The Bertz CT molecular complexity index is 615. The van der Waals surface area contributed by atoms with Crippen LogP contribution >= 0.6 is 11.3 Å². The molecule has 0 bridgehead atoms. The molecule has 1 N–H and O–H groups in total. The number of ether oxygens (including phenoxy) is 1. The van der Waals surface area contributed by atoms with Crippen molar-refractivity contribution in [2.75, 3.05) is 12.4 Å². The number of thiophene rings is 1. The van der Waals surface area contributed by atoms with Gasteiger partial charge in [-0.2, -0.15) is 0 Å². The Kier molecular flexibility index (Phi) is 5.30. The van der Waals surface area contributed by atoms with E-state index in [1.165, 1.54) is 24.0 Å². The maximum absolute atomic E-state index is 12.5. The van der Waals surface area contributed by atoms with Gasteiger partial charge in [0, 0.05) is 10.8 Å². The normalized spacial score (nSPS) is 16.3. The minimum atomic E-state index is -0.405. The molecule has 0 unspecified atom stereocenters. The van der Waals surface area contributed by atoms with Crippen molar-refractivity contribution in [3.05, 3.63) is 28.0 Å². The lowest BCUT2D eigenvalue weighted by Crippen LogP contribution is -2.25. The molecule has 5 heteroatoms. The molecule has 1 aromatic rings. The third kappa shape index (κ3) is 4.22. The zero-order valence-corrected chi connectivity index (χ0v) is 15.1. The minimum Gasteiger partial charge on any atom is -0.465 e. The second-order valence-electron chi connectivity index (χ2n) is 7.11. The van der Waals surface area contributed by atoms with Crippen LogP contribution < -0.4 is 5.32 Å². The van der Waals surface area contributed by atoms with Crippen LogP contribution in [0, 0.1) is 5.92 Å². The van der Waals surface area contributed by atoms with Crippen molar-refractivity contribution in [2.24, 2.45) is 5.92 Å². The van der Waals surface area contributed by atoms with Gasteiger partial charge in [0.05, 0.1) is 12.8 Å². The maximum atomic E-state index is 12.5. The number of rotatable bonds is 3. The Morgan fingerprint density at radius 3 is 2.43 bits per heavy atom. The molecule has 0 spiro atoms. The number of amides is 1. The molecular weight excluding hydrogens is 310 g/mol. The fraction of sp³-hybridized carbons (Fsp3) is 0.556. The third-order valence-corrected chi connectivity index (χ3v) is 5.70. The van der Waals surface area contributed by atoms with E-state index < -0.39 is 5.97 Å². The van der Waals surface area contributed by atoms with E-state index in [9.17, 15) is 9.59 Å². The fourth-order valence-electron chi connectivity index (χ4n) is 2.62. The molecule has 1 aliphatic carbocycles. The van der Waals surface area contributed by atoms with Crippen LogP contribution in [-0.4, -0.2) is 19.0 Å². The molecule has 1 fully saturated rings. The highest BCUT2D eigenvalue weighted by molar-refractivity contribution is 7.14. The molecule has 1 aliphatic rings. The number of esters is 1. The zero-order valence-electron chi connectivity index (χ0n) is 14.3. The van der Waals surface area contributed by atoms with E-state index in [4.69, 9.17) is 4.74 Å². The van der Waals surface area contributed by atoms with Crippen LogP contribution in [0.25, 0.3) is 0 Å². The first-order valence-corrected chi connectivity index (χ1v) is 8.74. The summed E-state index contributed by atoms with van der Waals surface area (Å²) >= 11 is 1.38. The van der Waals surface area contributed by atoms with Gasteiger partial charge in [-0.1, -0.05) is 32.9 Å². The van der Waals surface area contributed by atoms with Gasteiger partial charge < -0.3 is 10.1 Å². The average molecular weight is 335 g/mol. The van der Waals surface area contributed by atoms with E-state index in [0.717, 1.165) is 30.6 Å². The maximum Gasteiger partial charge on any atom is 0.350 e. The number of anilines is 1. The third-order valence-electron chi connectivity index (χ3n) is 4.16. The lowest BCUT2D eigenvalue weighted by Gasteiger charge is -2.22. The fourth-order valence-corrected chi connectivity index (χ4v) is 3.71. The Balaban J connectivity index is 2.20. The summed E-state index contributed by atoms with van der Waals surface area (Å²) in [6.45, 7) is 10.2. The van der Waals surface area contributed by atoms with Gasteiger partial charge in [0.25, 0.3) is 0 Å². The smallest absolute Gasteiger partial charge is 0.350 e. The second kappa shape index (κ2) is 6.87. The van der Waals surface area contributed by atoms with Crippen molar-refractivity contribution >= 4 is 28.9 Å². The summed E-state index contributed by atoms with van der Waals surface area (Å²) < 4.78 is 4.85. The number of nitrogens with one attached hydrogen (secondary N) is 1. The average Bonchev–Trinajstić information content (AvgIpc) is 2.91. The van der Waals surface area contributed by atoms with Gasteiger partial charge in [-0.3, -0.25) is 4.79 Å². The summed E-state index contributed by atoms with van der Waals surface area (Å²) in [5.41, 5.74) is 1.70. The van der Waals surface area contributed by atoms with Gasteiger partial charge in [0.15, 0.2) is 0 Å². The van der Waals surface area contributed by atoms with Gasteiger partial charge in [0.1, 0.15) is 4.88 Å². The highest BCUT2D eigenvalue weighted by Crippen LogP contribution is 2.36. The Morgan fingerprint density at radius 1 is 1.30 bits per heavy atom. The molecule has 0 saturated heterocycles. The molecule has 126 valence electrons. The Hall–Kier alpha value is -1.62. The van der Waals surface area contributed by atoms with Crippen LogP contribution in [0.1, 0.15) is 61.0 Å². The van der Waals surface area contributed by atoms with Crippen molar-refractivity contribution in [2.45, 2.75) is 51.9 Å². The molecule has 23 heavy (non-hydrogen) atoms. The van der Waals surface area contributed by atoms with Crippen molar-refractivity contribution < 1.29 is 14.3 Å². The van der Waals surface area contributed by atoms with Crippen LogP contribution in [0.15, 0.2) is 18.2 Å². The van der Waals surface area contributed by atoms with Crippen molar-refractivity contribution in [1.82, 2.24) is 0 Å². The summed E-state index contributed by atoms with van der Waals surface area (Å²) in [4.78, 5) is 26.0. The Labute approximate surface area is 141 Å². The quantitative estimate of drug-likeness (QED) is 0.653. The topological polar surface area (TPSA) is 55.4 Å². The molecule has 2 rings (SSSR count). The predicted octanol–water partition coefficient (Wildman–Crippen LogP) is 4.52. The van der Waals surface area contributed by atoms with Crippen LogP contribution in [0.4, 0.5) is 5.69 Å². The molecular formula is C18H25NO3S. The first-order chi connectivity index (χ1) is 10.7. The molecule has 1 saturated carbocycles. The molecule has 1 heterocycles. The molecule has 0 atom stereocenters. The van der Waals surface area contributed by atoms with Crippen LogP contribution in [0.5, 0.6) is 0 Å². The standard InChI is InChI=1S/C18H25NO3S/c1-11-6-8-12(9-7-11)16(20)19-13-10-14(18(2,3)4)23-15(13)17(21)22-5/h10,12H,1,6-9H2,2-5H3,(H,19,20). The summed E-state index contributed by atoms with van der Waals surface area (Å²) in [7, 11) is 1.36. The van der Waals surface area contributed by atoms with Crippen molar-refractivity contribution in [1.29, 1.82) is 0 Å². The van der Waals surface area contributed by atoms with Crippen molar-refractivity contribution in [3.8, 4) is 0 Å². The molecule has 0 aromatic carbocycles. The minimum absolute atomic E-state index is 0.0102. The molecule has 0 radical (unpaired) electrons. The molecule has 4 nitrogen and oxygen atoms in total. The number of carbonyl (C=O) groups excluding carboxylic acids is 2. The molecule has 1 aromatic heterocycles. The van der Waals surface area contributed by atoms with E-state index in [-0.39, 0.29) is 17.2 Å². The first kappa shape index (κ1) is 17.7. The van der Waals surface area contributed by atoms with Crippen molar-refractivity contribution in [3.63, 3.8) is 0 Å². The SMILES string of the molecule is C=C1CCC(C(=O)Nc2cc(C(C)(C)C)sc2C(=O)OC)CC1. The summed E-state index contributed by atoms with van der Waals surface area (Å²) in [5.74, 6) is -0.428.